The molecule has 0 aromatic carbocycles. The highest BCUT2D eigenvalue weighted by Crippen LogP contribution is 2.28. The highest BCUT2D eigenvalue weighted by Gasteiger charge is 2.40. The number of carbonyl (C=O) groups is 2. The van der Waals surface area contributed by atoms with Crippen LogP contribution in [0.4, 0.5) is 18.0 Å². The fourth-order valence-corrected chi connectivity index (χ4v) is 2.46. The van der Waals surface area contributed by atoms with Crippen LogP contribution in [0.25, 0.3) is 0 Å². The minimum absolute atomic E-state index is 0.0617. The topological polar surface area (TPSA) is 78.4 Å². The van der Waals surface area contributed by atoms with Gasteiger partial charge in [-0.25, -0.2) is 9.59 Å². The van der Waals surface area contributed by atoms with Gasteiger partial charge >= 0.3 is 18.2 Å². The summed E-state index contributed by atoms with van der Waals surface area (Å²) in [6.45, 7) is 0.0949. The maximum atomic E-state index is 11.9. The lowest BCUT2D eigenvalue weighted by Crippen LogP contribution is -2.58. The van der Waals surface area contributed by atoms with E-state index in [9.17, 15) is 27.9 Å². The highest BCUT2D eigenvalue weighted by molar-refractivity contribution is 5.86. The zero-order chi connectivity index (χ0) is 15.9. The van der Waals surface area contributed by atoms with Gasteiger partial charge in [-0.3, -0.25) is 0 Å². The number of nitrogens with one attached hydrogen (secondary N) is 2. The Morgan fingerprint density at radius 1 is 1.10 bits per heavy atom. The third-order valence-corrected chi connectivity index (χ3v) is 3.64. The number of carbonyl (C=O) groups excluding carboxylic acids is 1. The van der Waals surface area contributed by atoms with Crippen molar-refractivity contribution in [3.8, 4) is 0 Å². The average molecular weight is 310 g/mol. The minimum Gasteiger partial charge on any atom is -0.480 e. The summed E-state index contributed by atoms with van der Waals surface area (Å²) in [5.41, 5.74) is -1.24. The molecule has 0 atom stereocenters. The van der Waals surface area contributed by atoms with Crippen LogP contribution in [0.1, 0.15) is 51.4 Å². The van der Waals surface area contributed by atoms with Crippen molar-refractivity contribution in [2.45, 2.75) is 63.1 Å². The smallest absolute Gasteiger partial charge is 0.389 e. The summed E-state index contributed by atoms with van der Waals surface area (Å²) >= 11 is 0. The van der Waals surface area contributed by atoms with Crippen LogP contribution in [-0.4, -0.2) is 35.4 Å². The molecule has 0 radical (unpaired) electrons. The Kier molecular flexibility index (Phi) is 6.29. The lowest BCUT2D eigenvalue weighted by molar-refractivity contribution is -0.145. The van der Waals surface area contributed by atoms with E-state index in [1.807, 2.05) is 0 Å². The van der Waals surface area contributed by atoms with Gasteiger partial charge in [0.05, 0.1) is 0 Å². The van der Waals surface area contributed by atoms with Crippen molar-refractivity contribution in [3.05, 3.63) is 0 Å². The van der Waals surface area contributed by atoms with Crippen molar-refractivity contribution in [1.82, 2.24) is 10.6 Å². The molecular weight excluding hydrogens is 289 g/mol. The molecule has 1 rings (SSSR count). The number of carboxylic acids is 1. The zero-order valence-electron chi connectivity index (χ0n) is 11.8. The van der Waals surface area contributed by atoms with Gasteiger partial charge in [0.15, 0.2) is 0 Å². The predicted octanol–water partition coefficient (Wildman–Crippen LogP) is 2.81. The van der Waals surface area contributed by atoms with Gasteiger partial charge in [0.25, 0.3) is 0 Å². The second-order valence-corrected chi connectivity index (χ2v) is 5.40. The molecule has 0 bridgehead atoms. The lowest BCUT2D eigenvalue weighted by atomic mass is 9.82. The van der Waals surface area contributed by atoms with E-state index in [0.29, 0.717) is 12.8 Å². The Labute approximate surface area is 121 Å². The number of rotatable bonds is 6. The number of unbranched alkanes of at least 4 members (excludes halogenated alkanes) is 1. The number of alkyl halides is 3. The van der Waals surface area contributed by atoms with Crippen molar-refractivity contribution in [2.75, 3.05) is 6.54 Å². The first-order valence-corrected chi connectivity index (χ1v) is 7.11. The molecule has 1 saturated carbocycles. The van der Waals surface area contributed by atoms with Crippen LogP contribution in [0.3, 0.4) is 0 Å². The molecule has 0 saturated heterocycles. The summed E-state index contributed by atoms with van der Waals surface area (Å²) in [6.07, 6.45) is -1.76. The third kappa shape index (κ3) is 6.22. The monoisotopic (exact) mass is 310 g/mol. The van der Waals surface area contributed by atoms with E-state index in [0.717, 1.165) is 19.3 Å². The average Bonchev–Trinajstić information content (AvgIpc) is 2.37. The van der Waals surface area contributed by atoms with Gasteiger partial charge in [-0.1, -0.05) is 19.3 Å². The Morgan fingerprint density at radius 3 is 2.24 bits per heavy atom. The molecule has 0 aromatic heterocycles. The van der Waals surface area contributed by atoms with E-state index >= 15 is 0 Å². The second kappa shape index (κ2) is 7.51. The van der Waals surface area contributed by atoms with Crippen LogP contribution in [0.15, 0.2) is 0 Å². The van der Waals surface area contributed by atoms with Crippen LogP contribution >= 0.6 is 0 Å². The number of hydrogen-bond donors (Lipinski definition) is 3. The number of carboxylic acid groups (broad SMARTS) is 1. The Balaban J connectivity index is 2.30. The quantitative estimate of drug-likeness (QED) is 0.660. The van der Waals surface area contributed by atoms with Crippen LogP contribution < -0.4 is 10.6 Å². The molecule has 0 unspecified atom stereocenters. The largest absolute Gasteiger partial charge is 0.480 e. The maximum Gasteiger partial charge on any atom is 0.389 e. The molecule has 122 valence electrons. The lowest BCUT2D eigenvalue weighted by Gasteiger charge is -2.33. The van der Waals surface area contributed by atoms with Crippen molar-refractivity contribution in [1.29, 1.82) is 0 Å². The SMILES string of the molecule is O=C(NCCCCC(F)(F)F)NC1(C(=O)O)CCCCC1. The molecule has 1 fully saturated rings. The molecular formula is C13H21F3N2O3. The molecule has 2 amide bonds. The number of amides is 2. The molecule has 21 heavy (non-hydrogen) atoms. The fraction of sp³-hybridized carbons (Fsp3) is 0.846. The molecule has 3 N–H and O–H groups in total. The van der Waals surface area contributed by atoms with Crippen molar-refractivity contribution in [2.24, 2.45) is 0 Å². The van der Waals surface area contributed by atoms with Crippen LogP contribution in [-0.2, 0) is 4.79 Å². The molecule has 0 aliphatic heterocycles. The second-order valence-electron chi connectivity index (χ2n) is 5.40. The normalized spacial score (nSPS) is 18.0. The van der Waals surface area contributed by atoms with Crippen molar-refractivity contribution >= 4 is 12.0 Å². The minimum atomic E-state index is -4.18. The summed E-state index contributed by atoms with van der Waals surface area (Å²) in [6, 6.07) is -0.633. The maximum absolute atomic E-state index is 11.9. The molecule has 0 spiro atoms. The summed E-state index contributed by atoms with van der Waals surface area (Å²) < 4.78 is 35.8. The van der Waals surface area contributed by atoms with Gasteiger partial charge in [0.2, 0.25) is 0 Å². The molecule has 0 heterocycles. The molecule has 1 aliphatic carbocycles. The van der Waals surface area contributed by atoms with E-state index in [-0.39, 0.29) is 19.4 Å². The number of urea groups is 1. The van der Waals surface area contributed by atoms with E-state index in [1.165, 1.54) is 0 Å². The molecule has 0 aromatic rings. The Morgan fingerprint density at radius 2 is 1.71 bits per heavy atom. The van der Waals surface area contributed by atoms with Crippen molar-refractivity contribution in [3.63, 3.8) is 0 Å². The fourth-order valence-electron chi connectivity index (χ4n) is 2.46. The number of halogens is 3. The van der Waals surface area contributed by atoms with E-state index < -0.39 is 30.1 Å². The Hall–Kier alpha value is -1.47. The summed E-state index contributed by atoms with van der Waals surface area (Å²) in [5.74, 6) is -1.06. The molecule has 1 aliphatic rings. The first-order chi connectivity index (χ1) is 9.75. The third-order valence-electron chi connectivity index (χ3n) is 3.64. The Bertz CT molecular complexity index is 366. The van der Waals surface area contributed by atoms with Crippen LogP contribution in [0, 0.1) is 0 Å². The molecule has 8 heteroatoms. The zero-order valence-corrected chi connectivity index (χ0v) is 11.8. The van der Waals surface area contributed by atoms with Gasteiger partial charge < -0.3 is 15.7 Å². The predicted molar refractivity (Wildman–Crippen MR) is 69.9 cm³/mol. The van der Waals surface area contributed by atoms with E-state index in [2.05, 4.69) is 10.6 Å². The van der Waals surface area contributed by atoms with Crippen LogP contribution in [0.5, 0.6) is 0 Å². The van der Waals surface area contributed by atoms with Gasteiger partial charge in [-0.2, -0.15) is 13.2 Å². The first kappa shape index (κ1) is 17.6. The van der Waals surface area contributed by atoms with Crippen molar-refractivity contribution < 1.29 is 27.9 Å². The number of hydrogen-bond acceptors (Lipinski definition) is 2. The van der Waals surface area contributed by atoms with Gasteiger partial charge in [0, 0.05) is 13.0 Å². The highest BCUT2D eigenvalue weighted by atomic mass is 19.4. The summed E-state index contributed by atoms with van der Waals surface area (Å²) in [4.78, 5) is 23.0. The van der Waals surface area contributed by atoms with Crippen LogP contribution in [0.2, 0.25) is 0 Å². The standard InChI is InChI=1S/C13H21F3N2O3/c14-13(15,16)8-4-5-9-17-11(21)18-12(10(19)20)6-2-1-3-7-12/h1-9H2,(H,19,20)(H2,17,18,21). The van der Waals surface area contributed by atoms with Gasteiger partial charge in [-0.05, 0) is 25.7 Å². The van der Waals surface area contributed by atoms with Gasteiger partial charge in [-0.15, -0.1) is 0 Å². The number of aliphatic carboxylic acids is 1. The summed E-state index contributed by atoms with van der Waals surface area (Å²) in [5, 5.41) is 14.2. The first-order valence-electron chi connectivity index (χ1n) is 7.11. The van der Waals surface area contributed by atoms with E-state index in [1.54, 1.807) is 0 Å². The van der Waals surface area contributed by atoms with E-state index in [4.69, 9.17) is 0 Å². The molecule has 5 nitrogen and oxygen atoms in total. The summed E-state index contributed by atoms with van der Waals surface area (Å²) in [7, 11) is 0. The van der Waals surface area contributed by atoms with Gasteiger partial charge in [0.1, 0.15) is 5.54 Å².